The Bertz CT molecular complexity index is 275. The van der Waals surface area contributed by atoms with E-state index in [4.69, 9.17) is 15.6 Å². The maximum Gasteiger partial charge on any atom is 0.320 e. The van der Waals surface area contributed by atoms with Crippen molar-refractivity contribution in [2.24, 2.45) is 11.7 Å². The summed E-state index contributed by atoms with van der Waals surface area (Å²) in [7, 11) is 1.50. The van der Waals surface area contributed by atoms with Crippen LogP contribution >= 0.6 is 0 Å². The van der Waals surface area contributed by atoms with E-state index < -0.39 is 12.0 Å². The van der Waals surface area contributed by atoms with Crippen LogP contribution < -0.4 is 5.73 Å². The molecule has 98 valence electrons. The van der Waals surface area contributed by atoms with Crippen LogP contribution in [-0.4, -0.2) is 54.7 Å². The highest BCUT2D eigenvalue weighted by atomic mass is 16.5. The molecule has 1 fully saturated rings. The van der Waals surface area contributed by atoms with E-state index in [9.17, 15) is 9.59 Å². The molecule has 1 saturated heterocycles. The molecule has 1 rings (SSSR count). The quantitative estimate of drug-likeness (QED) is 0.691. The van der Waals surface area contributed by atoms with Gasteiger partial charge in [-0.2, -0.15) is 0 Å². The number of methoxy groups -OCH3 is 1. The summed E-state index contributed by atoms with van der Waals surface area (Å²) in [5.74, 6) is -0.663. The standard InChI is InChI=1S/C11H20N2O4/c1-17-7-10(14)13-4-2-8(3-5-13)6-9(12)11(15)16/h8-9H,2-7,12H2,1H3,(H,15,16). The molecule has 0 radical (unpaired) electrons. The van der Waals surface area contributed by atoms with Crippen LogP contribution in [0.1, 0.15) is 19.3 Å². The first-order valence-electron chi connectivity index (χ1n) is 5.79. The Morgan fingerprint density at radius 1 is 1.47 bits per heavy atom. The zero-order valence-corrected chi connectivity index (χ0v) is 10.1. The summed E-state index contributed by atoms with van der Waals surface area (Å²) in [4.78, 5) is 23.9. The fraction of sp³-hybridized carbons (Fsp3) is 0.818. The second-order valence-electron chi connectivity index (χ2n) is 4.44. The van der Waals surface area contributed by atoms with E-state index in [1.807, 2.05) is 0 Å². The van der Waals surface area contributed by atoms with Crippen LogP contribution in [0.4, 0.5) is 0 Å². The van der Waals surface area contributed by atoms with Crippen molar-refractivity contribution in [2.75, 3.05) is 26.8 Å². The lowest BCUT2D eigenvalue weighted by atomic mass is 9.90. The number of carboxylic acid groups (broad SMARTS) is 1. The molecule has 0 aromatic carbocycles. The average Bonchev–Trinajstić information content (AvgIpc) is 2.30. The highest BCUT2D eigenvalue weighted by Gasteiger charge is 2.25. The fourth-order valence-electron chi connectivity index (χ4n) is 2.09. The Morgan fingerprint density at radius 2 is 2.06 bits per heavy atom. The number of piperidine rings is 1. The molecule has 1 aliphatic heterocycles. The molecular weight excluding hydrogens is 224 g/mol. The van der Waals surface area contributed by atoms with Gasteiger partial charge in [0.1, 0.15) is 12.6 Å². The van der Waals surface area contributed by atoms with Crippen molar-refractivity contribution in [1.82, 2.24) is 4.90 Å². The molecule has 6 heteroatoms. The smallest absolute Gasteiger partial charge is 0.320 e. The molecule has 3 N–H and O–H groups in total. The van der Waals surface area contributed by atoms with Crippen molar-refractivity contribution in [1.29, 1.82) is 0 Å². The molecule has 0 aromatic rings. The first kappa shape index (κ1) is 13.9. The summed E-state index contributed by atoms with van der Waals surface area (Å²) < 4.78 is 4.79. The van der Waals surface area contributed by atoms with Gasteiger partial charge in [0.25, 0.3) is 0 Å². The summed E-state index contributed by atoms with van der Waals surface area (Å²) in [6.45, 7) is 1.44. The normalized spacial score (nSPS) is 19.1. The number of carbonyl (C=O) groups excluding carboxylic acids is 1. The molecule has 0 aromatic heterocycles. The van der Waals surface area contributed by atoms with Crippen LogP contribution in [0, 0.1) is 5.92 Å². The number of nitrogens with two attached hydrogens (primary N) is 1. The minimum absolute atomic E-state index is 0.00603. The van der Waals surface area contributed by atoms with Gasteiger partial charge in [0.05, 0.1) is 0 Å². The average molecular weight is 244 g/mol. The monoisotopic (exact) mass is 244 g/mol. The van der Waals surface area contributed by atoms with Crippen LogP contribution in [0.2, 0.25) is 0 Å². The van der Waals surface area contributed by atoms with Crippen LogP contribution in [0.25, 0.3) is 0 Å². The van der Waals surface area contributed by atoms with Gasteiger partial charge >= 0.3 is 5.97 Å². The van der Waals surface area contributed by atoms with Gasteiger partial charge in [-0.25, -0.2) is 0 Å². The second-order valence-corrected chi connectivity index (χ2v) is 4.44. The van der Waals surface area contributed by atoms with Crippen molar-refractivity contribution < 1.29 is 19.4 Å². The first-order valence-corrected chi connectivity index (χ1v) is 5.79. The Labute approximate surface area is 101 Å². The van der Waals surface area contributed by atoms with Crippen molar-refractivity contribution >= 4 is 11.9 Å². The predicted molar refractivity (Wildman–Crippen MR) is 61.4 cm³/mol. The van der Waals surface area contributed by atoms with Gasteiger partial charge in [-0.1, -0.05) is 0 Å². The number of likely N-dealkylation sites (tertiary alicyclic amines) is 1. The number of ether oxygens (including phenoxy) is 1. The third-order valence-corrected chi connectivity index (χ3v) is 3.14. The lowest BCUT2D eigenvalue weighted by molar-refractivity contribution is -0.140. The summed E-state index contributed by atoms with van der Waals surface area (Å²) in [5.41, 5.74) is 5.49. The highest BCUT2D eigenvalue weighted by Crippen LogP contribution is 2.21. The van der Waals surface area contributed by atoms with Crippen molar-refractivity contribution in [3.05, 3.63) is 0 Å². The second kappa shape index (κ2) is 6.56. The molecule has 1 amide bonds. The van der Waals surface area contributed by atoms with Crippen LogP contribution in [0.5, 0.6) is 0 Å². The third-order valence-electron chi connectivity index (χ3n) is 3.14. The number of nitrogens with zero attached hydrogens (tertiary/aromatic N) is 1. The Balaban J connectivity index is 2.30. The number of hydrogen-bond acceptors (Lipinski definition) is 4. The highest BCUT2D eigenvalue weighted by molar-refractivity contribution is 5.77. The Morgan fingerprint density at radius 3 is 2.53 bits per heavy atom. The van der Waals surface area contributed by atoms with E-state index in [0.717, 1.165) is 12.8 Å². The predicted octanol–water partition coefficient (Wildman–Crippen LogP) is -0.327. The number of aliphatic carboxylic acids is 1. The molecule has 1 aliphatic rings. The molecular formula is C11H20N2O4. The van der Waals surface area contributed by atoms with E-state index in [-0.39, 0.29) is 12.5 Å². The maximum absolute atomic E-state index is 11.5. The molecule has 0 saturated carbocycles. The largest absolute Gasteiger partial charge is 0.480 e. The summed E-state index contributed by atoms with van der Waals surface area (Å²) >= 11 is 0. The molecule has 17 heavy (non-hydrogen) atoms. The molecule has 1 heterocycles. The van der Waals surface area contributed by atoms with Crippen LogP contribution in [0.15, 0.2) is 0 Å². The zero-order valence-electron chi connectivity index (χ0n) is 10.1. The Kier molecular flexibility index (Phi) is 5.37. The summed E-state index contributed by atoms with van der Waals surface area (Å²) in [6.07, 6.45) is 2.12. The van der Waals surface area contributed by atoms with E-state index in [0.29, 0.717) is 25.4 Å². The molecule has 0 aliphatic carbocycles. The van der Waals surface area contributed by atoms with Crippen LogP contribution in [-0.2, 0) is 14.3 Å². The van der Waals surface area contributed by atoms with Gasteiger partial charge in [-0.15, -0.1) is 0 Å². The van der Waals surface area contributed by atoms with E-state index in [1.165, 1.54) is 7.11 Å². The number of hydrogen-bond donors (Lipinski definition) is 2. The van der Waals surface area contributed by atoms with Gasteiger partial charge in [-0.3, -0.25) is 9.59 Å². The number of carbonyl (C=O) groups is 2. The first-order chi connectivity index (χ1) is 8.04. The van der Waals surface area contributed by atoms with E-state index in [2.05, 4.69) is 0 Å². The number of rotatable bonds is 5. The van der Waals surface area contributed by atoms with Gasteiger partial charge in [0.15, 0.2) is 0 Å². The molecule has 6 nitrogen and oxygen atoms in total. The minimum atomic E-state index is -0.956. The number of carboxylic acids is 1. The lowest BCUT2D eigenvalue weighted by Crippen LogP contribution is -2.42. The van der Waals surface area contributed by atoms with Crippen molar-refractivity contribution in [2.45, 2.75) is 25.3 Å². The minimum Gasteiger partial charge on any atom is -0.480 e. The van der Waals surface area contributed by atoms with Gasteiger partial charge in [0.2, 0.25) is 5.91 Å². The van der Waals surface area contributed by atoms with Crippen molar-refractivity contribution in [3.63, 3.8) is 0 Å². The van der Waals surface area contributed by atoms with Crippen molar-refractivity contribution in [3.8, 4) is 0 Å². The molecule has 1 unspecified atom stereocenters. The third kappa shape index (κ3) is 4.32. The van der Waals surface area contributed by atoms with Crippen LogP contribution in [0.3, 0.4) is 0 Å². The van der Waals surface area contributed by atoms with E-state index in [1.54, 1.807) is 4.90 Å². The summed E-state index contributed by atoms with van der Waals surface area (Å²) in [6, 6.07) is -0.791. The van der Waals surface area contributed by atoms with Gasteiger partial charge in [0, 0.05) is 20.2 Å². The lowest BCUT2D eigenvalue weighted by Gasteiger charge is -2.32. The zero-order chi connectivity index (χ0) is 12.8. The van der Waals surface area contributed by atoms with E-state index >= 15 is 0 Å². The molecule has 0 spiro atoms. The molecule has 0 bridgehead atoms. The topological polar surface area (TPSA) is 92.9 Å². The Hall–Kier alpha value is -1.14. The summed E-state index contributed by atoms with van der Waals surface area (Å²) in [5, 5.41) is 8.72. The fourth-order valence-corrected chi connectivity index (χ4v) is 2.09. The maximum atomic E-state index is 11.5. The van der Waals surface area contributed by atoms with Gasteiger partial charge in [-0.05, 0) is 25.2 Å². The SMILES string of the molecule is COCC(=O)N1CCC(CC(N)C(=O)O)CC1. The van der Waals surface area contributed by atoms with Gasteiger partial charge < -0.3 is 20.5 Å². The molecule has 1 atom stereocenters. The number of amides is 1.